The molecule has 10 heavy (non-hydrogen) atoms. The molecule has 1 aromatic rings. The number of hydrogen-bond acceptors (Lipinski definition) is 2. The van der Waals surface area contributed by atoms with Gasteiger partial charge in [-0.25, -0.2) is 4.98 Å². The Morgan fingerprint density at radius 2 is 2.40 bits per heavy atom. The van der Waals surface area contributed by atoms with Gasteiger partial charge in [0.15, 0.2) is 0 Å². The van der Waals surface area contributed by atoms with Crippen LogP contribution in [-0.2, 0) is 11.2 Å². The van der Waals surface area contributed by atoms with E-state index in [2.05, 4.69) is 20.9 Å². The number of pyridine rings is 1. The molecule has 1 aromatic heterocycles. The first-order valence-electron chi connectivity index (χ1n) is 2.87. The SMILES string of the molecule is O=CCc1ccc(Br)nc1. The van der Waals surface area contributed by atoms with Crippen LogP contribution in [0, 0.1) is 0 Å². The molecular formula is C7H6BrNO. The molecule has 0 saturated carbocycles. The smallest absolute Gasteiger partial charge is 0.124 e. The quantitative estimate of drug-likeness (QED) is 0.535. The first kappa shape index (κ1) is 7.41. The van der Waals surface area contributed by atoms with Crippen LogP contribution in [0.1, 0.15) is 5.56 Å². The van der Waals surface area contributed by atoms with Gasteiger partial charge in [-0.05, 0) is 27.6 Å². The Balaban J connectivity index is 2.78. The molecule has 0 unspecified atom stereocenters. The fraction of sp³-hybridized carbons (Fsp3) is 0.143. The van der Waals surface area contributed by atoms with E-state index in [4.69, 9.17) is 0 Å². The number of aldehydes is 1. The minimum absolute atomic E-state index is 0.445. The van der Waals surface area contributed by atoms with Gasteiger partial charge in [0.25, 0.3) is 0 Å². The average Bonchev–Trinajstić information content (AvgIpc) is 1.95. The zero-order valence-corrected chi connectivity index (χ0v) is 6.84. The van der Waals surface area contributed by atoms with E-state index in [1.165, 1.54) is 0 Å². The van der Waals surface area contributed by atoms with Gasteiger partial charge in [-0.1, -0.05) is 6.07 Å². The molecule has 52 valence electrons. The number of carbonyl (C=O) groups is 1. The van der Waals surface area contributed by atoms with Crippen LogP contribution in [0.3, 0.4) is 0 Å². The highest BCUT2D eigenvalue weighted by molar-refractivity contribution is 9.10. The molecule has 0 aliphatic rings. The minimum atomic E-state index is 0.445. The van der Waals surface area contributed by atoms with Crippen molar-refractivity contribution < 1.29 is 4.79 Å². The maximum atomic E-state index is 10.0. The minimum Gasteiger partial charge on any atom is -0.303 e. The Labute approximate surface area is 67.4 Å². The van der Waals surface area contributed by atoms with Crippen molar-refractivity contribution in [3.05, 3.63) is 28.5 Å². The lowest BCUT2D eigenvalue weighted by molar-refractivity contribution is -0.107. The zero-order chi connectivity index (χ0) is 7.40. The first-order valence-corrected chi connectivity index (χ1v) is 3.66. The summed E-state index contributed by atoms with van der Waals surface area (Å²) in [5.74, 6) is 0. The fourth-order valence-corrected chi connectivity index (χ4v) is 0.858. The molecule has 0 spiro atoms. The molecular weight excluding hydrogens is 194 g/mol. The number of nitrogens with zero attached hydrogens (tertiary/aromatic N) is 1. The molecule has 0 aliphatic carbocycles. The number of carbonyl (C=O) groups excluding carboxylic acids is 1. The molecule has 0 amide bonds. The van der Waals surface area contributed by atoms with Gasteiger partial charge in [0, 0.05) is 12.6 Å². The summed E-state index contributed by atoms with van der Waals surface area (Å²) in [6, 6.07) is 3.68. The van der Waals surface area contributed by atoms with Gasteiger partial charge in [0.1, 0.15) is 10.9 Å². The van der Waals surface area contributed by atoms with E-state index in [9.17, 15) is 4.79 Å². The molecule has 0 fully saturated rings. The Bertz CT molecular complexity index is 220. The average molecular weight is 200 g/mol. The van der Waals surface area contributed by atoms with Crippen molar-refractivity contribution in [1.29, 1.82) is 0 Å². The monoisotopic (exact) mass is 199 g/mol. The second kappa shape index (κ2) is 3.46. The molecule has 0 N–H and O–H groups in total. The second-order valence-corrected chi connectivity index (χ2v) is 2.67. The number of halogens is 1. The predicted octanol–water partition coefficient (Wildman–Crippen LogP) is 1.59. The van der Waals surface area contributed by atoms with Crippen LogP contribution in [0.15, 0.2) is 22.9 Å². The lowest BCUT2D eigenvalue weighted by Crippen LogP contribution is -1.86. The van der Waals surface area contributed by atoms with Crippen LogP contribution < -0.4 is 0 Å². The van der Waals surface area contributed by atoms with Crippen molar-refractivity contribution in [2.45, 2.75) is 6.42 Å². The third-order valence-corrected chi connectivity index (χ3v) is 1.58. The molecule has 0 radical (unpaired) electrons. The first-order chi connectivity index (χ1) is 4.83. The van der Waals surface area contributed by atoms with Gasteiger partial charge in [-0.15, -0.1) is 0 Å². The number of rotatable bonds is 2. The van der Waals surface area contributed by atoms with Crippen molar-refractivity contribution in [3.8, 4) is 0 Å². The third kappa shape index (κ3) is 1.92. The van der Waals surface area contributed by atoms with E-state index in [1.54, 1.807) is 6.20 Å². The molecule has 0 aliphatic heterocycles. The van der Waals surface area contributed by atoms with Crippen molar-refractivity contribution in [3.63, 3.8) is 0 Å². The summed E-state index contributed by atoms with van der Waals surface area (Å²) < 4.78 is 0.794. The molecule has 2 nitrogen and oxygen atoms in total. The zero-order valence-electron chi connectivity index (χ0n) is 5.25. The number of hydrogen-bond donors (Lipinski definition) is 0. The lowest BCUT2D eigenvalue weighted by atomic mass is 10.2. The standard InChI is InChI=1S/C7H6BrNO/c8-7-2-1-6(3-4-10)5-9-7/h1-2,4-5H,3H2. The van der Waals surface area contributed by atoms with Crippen LogP contribution in [0.4, 0.5) is 0 Å². The van der Waals surface area contributed by atoms with Gasteiger partial charge in [0.05, 0.1) is 0 Å². The second-order valence-electron chi connectivity index (χ2n) is 1.86. The Morgan fingerprint density at radius 3 is 2.90 bits per heavy atom. The highest BCUT2D eigenvalue weighted by Gasteiger charge is 1.90. The van der Waals surface area contributed by atoms with E-state index in [1.807, 2.05) is 12.1 Å². The van der Waals surface area contributed by atoms with E-state index in [-0.39, 0.29) is 0 Å². The van der Waals surface area contributed by atoms with Gasteiger partial charge in [-0.3, -0.25) is 0 Å². The molecule has 0 bridgehead atoms. The van der Waals surface area contributed by atoms with Gasteiger partial charge >= 0.3 is 0 Å². The Kier molecular flexibility index (Phi) is 2.57. The molecule has 0 saturated heterocycles. The summed E-state index contributed by atoms with van der Waals surface area (Å²) >= 11 is 3.20. The van der Waals surface area contributed by atoms with E-state index >= 15 is 0 Å². The topological polar surface area (TPSA) is 30.0 Å². The lowest BCUT2D eigenvalue weighted by Gasteiger charge is -1.92. The van der Waals surface area contributed by atoms with Crippen molar-refractivity contribution in [1.82, 2.24) is 4.98 Å². The predicted molar refractivity (Wildman–Crippen MR) is 41.7 cm³/mol. The summed E-state index contributed by atoms with van der Waals surface area (Å²) in [5, 5.41) is 0. The van der Waals surface area contributed by atoms with Crippen molar-refractivity contribution in [2.75, 3.05) is 0 Å². The van der Waals surface area contributed by atoms with E-state index in [0.29, 0.717) is 6.42 Å². The Morgan fingerprint density at radius 1 is 1.60 bits per heavy atom. The molecule has 3 heteroatoms. The van der Waals surface area contributed by atoms with Crippen LogP contribution in [0.5, 0.6) is 0 Å². The van der Waals surface area contributed by atoms with Crippen LogP contribution in [-0.4, -0.2) is 11.3 Å². The largest absolute Gasteiger partial charge is 0.303 e. The molecule has 0 atom stereocenters. The van der Waals surface area contributed by atoms with Gasteiger partial charge < -0.3 is 4.79 Å². The fourth-order valence-electron chi connectivity index (χ4n) is 0.623. The maximum Gasteiger partial charge on any atom is 0.124 e. The van der Waals surface area contributed by atoms with Crippen LogP contribution in [0.2, 0.25) is 0 Å². The Hall–Kier alpha value is -0.700. The molecule has 0 aromatic carbocycles. The van der Waals surface area contributed by atoms with Crippen LogP contribution >= 0.6 is 15.9 Å². The number of aromatic nitrogens is 1. The molecule has 1 rings (SSSR count). The summed E-state index contributed by atoms with van der Waals surface area (Å²) in [5.41, 5.74) is 0.943. The van der Waals surface area contributed by atoms with Gasteiger partial charge in [0.2, 0.25) is 0 Å². The molecule has 1 heterocycles. The maximum absolute atomic E-state index is 10.0. The summed E-state index contributed by atoms with van der Waals surface area (Å²) in [4.78, 5) is 14.0. The summed E-state index contributed by atoms with van der Waals surface area (Å²) in [6.07, 6.45) is 2.99. The van der Waals surface area contributed by atoms with E-state index in [0.717, 1.165) is 16.5 Å². The summed E-state index contributed by atoms with van der Waals surface area (Å²) in [6.45, 7) is 0. The highest BCUT2D eigenvalue weighted by Crippen LogP contribution is 2.05. The van der Waals surface area contributed by atoms with Crippen molar-refractivity contribution >= 4 is 22.2 Å². The highest BCUT2D eigenvalue weighted by atomic mass is 79.9. The van der Waals surface area contributed by atoms with Crippen LogP contribution in [0.25, 0.3) is 0 Å². The third-order valence-electron chi connectivity index (χ3n) is 1.11. The normalized spacial score (nSPS) is 9.30. The van der Waals surface area contributed by atoms with Crippen molar-refractivity contribution in [2.24, 2.45) is 0 Å². The van der Waals surface area contributed by atoms with Gasteiger partial charge in [-0.2, -0.15) is 0 Å². The van der Waals surface area contributed by atoms with E-state index < -0.39 is 0 Å². The summed E-state index contributed by atoms with van der Waals surface area (Å²) in [7, 11) is 0.